The van der Waals surface area contributed by atoms with Gasteiger partial charge in [-0.05, 0) is 25.0 Å². The first-order chi connectivity index (χ1) is 12.0. The summed E-state index contributed by atoms with van der Waals surface area (Å²) in [6, 6.07) is 2.93. The van der Waals surface area contributed by atoms with Crippen LogP contribution in [-0.2, 0) is 11.3 Å². The Morgan fingerprint density at radius 3 is 2.84 bits per heavy atom. The number of benzene rings is 1. The fourth-order valence-corrected chi connectivity index (χ4v) is 3.19. The van der Waals surface area contributed by atoms with Crippen molar-refractivity contribution in [3.63, 3.8) is 0 Å². The topological polar surface area (TPSA) is 81.2 Å². The first-order valence-corrected chi connectivity index (χ1v) is 7.99. The summed E-state index contributed by atoms with van der Waals surface area (Å²) in [4.78, 5) is 29.6. The van der Waals surface area contributed by atoms with Crippen LogP contribution in [0.5, 0.6) is 0 Å². The Labute approximate surface area is 143 Å². The van der Waals surface area contributed by atoms with E-state index in [2.05, 4.69) is 4.98 Å². The highest BCUT2D eigenvalue weighted by Crippen LogP contribution is 2.27. The summed E-state index contributed by atoms with van der Waals surface area (Å²) in [5.41, 5.74) is 5.09. The highest BCUT2D eigenvalue weighted by atomic mass is 19.1. The summed E-state index contributed by atoms with van der Waals surface area (Å²) in [6.45, 7) is 0.862. The molecule has 132 valence electrons. The molecule has 0 saturated carbocycles. The van der Waals surface area contributed by atoms with Crippen LogP contribution in [0, 0.1) is 11.6 Å². The fraction of sp³-hybridized carbons (Fsp3) is 0.353. The number of nitrogens with two attached hydrogens (primary N) is 1. The minimum absolute atomic E-state index is 0.0202. The Morgan fingerprint density at radius 2 is 2.12 bits per heavy atom. The highest BCUT2D eigenvalue weighted by molar-refractivity contribution is 5.94. The molecule has 1 aromatic carbocycles. The van der Waals surface area contributed by atoms with E-state index in [1.165, 1.54) is 4.90 Å². The number of piperidine rings is 1. The third kappa shape index (κ3) is 3.67. The maximum atomic E-state index is 13.9. The summed E-state index contributed by atoms with van der Waals surface area (Å²) in [5.74, 6) is -1.94. The third-order valence-corrected chi connectivity index (χ3v) is 4.31. The van der Waals surface area contributed by atoms with Gasteiger partial charge in [-0.2, -0.15) is 0 Å². The minimum Gasteiger partial charge on any atom is -0.368 e. The number of amides is 2. The lowest BCUT2D eigenvalue weighted by atomic mass is 9.96. The Morgan fingerprint density at radius 1 is 1.32 bits per heavy atom. The van der Waals surface area contributed by atoms with E-state index in [9.17, 15) is 18.4 Å². The lowest BCUT2D eigenvalue weighted by Crippen LogP contribution is -2.40. The van der Waals surface area contributed by atoms with E-state index in [-0.39, 0.29) is 18.0 Å². The molecule has 0 aliphatic carbocycles. The van der Waals surface area contributed by atoms with E-state index in [1.54, 1.807) is 17.0 Å². The fourth-order valence-electron chi connectivity index (χ4n) is 3.19. The van der Waals surface area contributed by atoms with E-state index >= 15 is 0 Å². The Kier molecular flexibility index (Phi) is 4.78. The molecule has 0 unspecified atom stereocenters. The van der Waals surface area contributed by atoms with Gasteiger partial charge in [-0.25, -0.2) is 13.8 Å². The molecule has 3 rings (SSSR count). The Balaban J connectivity index is 1.78. The molecule has 2 N–H and O–H groups in total. The monoisotopic (exact) mass is 348 g/mol. The molecule has 1 saturated heterocycles. The Hall–Kier alpha value is -2.77. The van der Waals surface area contributed by atoms with E-state index in [4.69, 9.17) is 5.73 Å². The first-order valence-electron chi connectivity index (χ1n) is 7.99. The van der Waals surface area contributed by atoms with Crippen molar-refractivity contribution in [2.45, 2.75) is 25.3 Å². The second-order valence-electron chi connectivity index (χ2n) is 6.09. The largest absolute Gasteiger partial charge is 0.368 e. The van der Waals surface area contributed by atoms with Crippen LogP contribution in [0.15, 0.2) is 30.6 Å². The number of hydrogen-bond donors (Lipinski definition) is 1. The van der Waals surface area contributed by atoms with Gasteiger partial charge >= 0.3 is 0 Å². The normalized spacial score (nSPS) is 17.5. The predicted octanol–water partition coefficient (Wildman–Crippen LogP) is 1.67. The van der Waals surface area contributed by atoms with Crippen LogP contribution in [0.2, 0.25) is 0 Å². The zero-order chi connectivity index (χ0) is 18.0. The highest BCUT2D eigenvalue weighted by Gasteiger charge is 2.29. The van der Waals surface area contributed by atoms with Gasteiger partial charge in [0.1, 0.15) is 24.0 Å². The average Bonchev–Trinajstić information content (AvgIpc) is 3.02. The molecular weight excluding hydrogens is 330 g/mol. The molecule has 1 atom stereocenters. The number of likely N-dealkylation sites (tertiary alicyclic amines) is 1. The van der Waals surface area contributed by atoms with Crippen LogP contribution in [0.3, 0.4) is 0 Å². The van der Waals surface area contributed by atoms with Crippen LogP contribution in [0.25, 0.3) is 0 Å². The van der Waals surface area contributed by atoms with Gasteiger partial charge in [0.2, 0.25) is 5.91 Å². The molecule has 0 radical (unpaired) electrons. The molecule has 1 aliphatic rings. The number of carbonyl (C=O) groups is 2. The van der Waals surface area contributed by atoms with Gasteiger partial charge in [0, 0.05) is 37.5 Å². The maximum Gasteiger partial charge on any atom is 0.256 e. The van der Waals surface area contributed by atoms with Crippen LogP contribution < -0.4 is 5.73 Å². The smallest absolute Gasteiger partial charge is 0.256 e. The number of nitrogens with zero attached hydrogens (tertiary/aromatic N) is 3. The summed E-state index contributed by atoms with van der Waals surface area (Å²) < 4.78 is 28.6. The van der Waals surface area contributed by atoms with Crippen molar-refractivity contribution in [1.82, 2.24) is 14.5 Å². The second-order valence-corrected chi connectivity index (χ2v) is 6.09. The third-order valence-electron chi connectivity index (χ3n) is 4.31. The zero-order valence-electron chi connectivity index (χ0n) is 13.5. The molecule has 2 heterocycles. The summed E-state index contributed by atoms with van der Waals surface area (Å²) in [5, 5.41) is 0. The molecule has 2 amide bonds. The van der Waals surface area contributed by atoms with Crippen LogP contribution in [0.1, 0.15) is 34.9 Å². The van der Waals surface area contributed by atoms with Crippen molar-refractivity contribution >= 4 is 11.8 Å². The standard InChI is InChI=1S/C17H18F2N4O2/c18-12-3-4-13(14(19)8-12)17(25)23-6-1-2-11(9-23)16-21-5-7-22(16)10-15(20)24/h3-5,7-8,11H,1-2,6,9-10H2,(H2,20,24)/t11-/m0/s1. The van der Waals surface area contributed by atoms with Gasteiger partial charge in [0.05, 0.1) is 5.56 Å². The number of rotatable bonds is 4. The van der Waals surface area contributed by atoms with E-state index in [0.29, 0.717) is 25.0 Å². The number of primary amides is 1. The number of hydrogen-bond acceptors (Lipinski definition) is 3. The molecule has 6 nitrogen and oxygen atoms in total. The quantitative estimate of drug-likeness (QED) is 0.912. The minimum atomic E-state index is -0.873. The van der Waals surface area contributed by atoms with Crippen molar-refractivity contribution in [2.75, 3.05) is 13.1 Å². The molecule has 8 heteroatoms. The van der Waals surface area contributed by atoms with Crippen molar-refractivity contribution in [3.8, 4) is 0 Å². The van der Waals surface area contributed by atoms with Gasteiger partial charge in [0.15, 0.2) is 0 Å². The number of carbonyl (C=O) groups excluding carboxylic acids is 2. The van der Waals surface area contributed by atoms with E-state index in [1.807, 2.05) is 0 Å². The summed E-state index contributed by atoms with van der Waals surface area (Å²) in [7, 11) is 0. The molecule has 1 aliphatic heterocycles. The number of halogens is 2. The van der Waals surface area contributed by atoms with E-state index in [0.717, 1.165) is 25.0 Å². The van der Waals surface area contributed by atoms with Gasteiger partial charge in [-0.15, -0.1) is 0 Å². The van der Waals surface area contributed by atoms with Crippen LogP contribution in [-0.4, -0.2) is 39.4 Å². The zero-order valence-corrected chi connectivity index (χ0v) is 13.5. The van der Waals surface area contributed by atoms with Crippen molar-refractivity contribution < 1.29 is 18.4 Å². The second kappa shape index (κ2) is 7.00. The molecule has 1 aromatic heterocycles. The number of aromatic nitrogens is 2. The van der Waals surface area contributed by atoms with Gasteiger partial charge < -0.3 is 15.2 Å². The van der Waals surface area contributed by atoms with Crippen molar-refractivity contribution in [2.24, 2.45) is 5.73 Å². The van der Waals surface area contributed by atoms with Crippen molar-refractivity contribution in [1.29, 1.82) is 0 Å². The van der Waals surface area contributed by atoms with Gasteiger partial charge in [-0.1, -0.05) is 0 Å². The summed E-state index contributed by atoms with van der Waals surface area (Å²) >= 11 is 0. The lowest BCUT2D eigenvalue weighted by molar-refractivity contribution is -0.118. The molecular formula is C17H18F2N4O2. The van der Waals surface area contributed by atoms with Crippen molar-refractivity contribution in [3.05, 3.63) is 53.6 Å². The lowest BCUT2D eigenvalue weighted by Gasteiger charge is -2.32. The molecule has 25 heavy (non-hydrogen) atoms. The first kappa shape index (κ1) is 17.1. The van der Waals surface area contributed by atoms with Gasteiger partial charge in [0.25, 0.3) is 5.91 Å². The molecule has 1 fully saturated rings. The molecule has 0 spiro atoms. The molecule has 0 bridgehead atoms. The van der Waals surface area contributed by atoms with E-state index < -0.39 is 23.4 Å². The molecule has 2 aromatic rings. The maximum absolute atomic E-state index is 13.9. The van der Waals surface area contributed by atoms with Crippen LogP contribution in [0.4, 0.5) is 8.78 Å². The summed E-state index contributed by atoms with van der Waals surface area (Å²) in [6.07, 6.45) is 4.77. The Bertz CT molecular complexity index is 806. The average molecular weight is 348 g/mol. The van der Waals surface area contributed by atoms with Gasteiger partial charge in [-0.3, -0.25) is 9.59 Å². The van der Waals surface area contributed by atoms with Crippen LogP contribution >= 0.6 is 0 Å². The predicted molar refractivity (Wildman–Crippen MR) is 85.7 cm³/mol. The number of imidazole rings is 1. The SMILES string of the molecule is NC(=O)Cn1ccnc1[C@H]1CCCN(C(=O)c2ccc(F)cc2F)C1.